The van der Waals surface area contributed by atoms with Crippen LogP contribution in [0.4, 0.5) is 0 Å². The van der Waals surface area contributed by atoms with Crippen molar-refractivity contribution in [1.82, 2.24) is 0 Å². The van der Waals surface area contributed by atoms with Gasteiger partial charge in [-0.1, -0.05) is 30.3 Å². The van der Waals surface area contributed by atoms with E-state index in [0.29, 0.717) is 0 Å². The predicted octanol–water partition coefficient (Wildman–Crippen LogP) is -0.609. The second-order valence-corrected chi connectivity index (χ2v) is 4.58. The highest BCUT2D eigenvalue weighted by Crippen LogP contribution is 2.21. The minimum Gasteiger partial charge on any atom is -0.394 e. The molecule has 0 bridgehead atoms. The Morgan fingerprint density at radius 2 is 1.80 bits per heavy atom. The van der Waals surface area contributed by atoms with Crippen LogP contribution in [0.15, 0.2) is 30.3 Å². The van der Waals surface area contributed by atoms with Crippen molar-refractivity contribution in [3.63, 3.8) is 0 Å². The number of hydrogen-bond donors (Lipinski definition) is 4. The number of halogens is 1. The fraction of sp³-hybridized carbons (Fsp3) is 0.538. The van der Waals surface area contributed by atoms with E-state index in [1.807, 2.05) is 30.3 Å². The molecule has 0 aliphatic carbocycles. The zero-order valence-corrected chi connectivity index (χ0v) is 11.6. The second-order valence-electron chi connectivity index (χ2n) is 4.58. The molecule has 0 radical (unpaired) electrons. The van der Waals surface area contributed by atoms with Gasteiger partial charge in [0.1, 0.15) is 18.3 Å². The summed E-state index contributed by atoms with van der Waals surface area (Å²) in [5.41, 5.74) is 6.70. The fourth-order valence-electron chi connectivity index (χ4n) is 2.01. The normalized spacial score (nSPS) is 33.5. The smallest absolute Gasteiger partial charge is 0.176 e. The van der Waals surface area contributed by atoms with Gasteiger partial charge in [-0.3, -0.25) is 0 Å². The van der Waals surface area contributed by atoms with Gasteiger partial charge in [0.15, 0.2) is 6.29 Å². The minimum absolute atomic E-state index is 0. The first-order valence-corrected chi connectivity index (χ1v) is 6.17. The summed E-state index contributed by atoms with van der Waals surface area (Å²) in [6.45, 7) is -0.129. The lowest BCUT2D eigenvalue weighted by Gasteiger charge is -2.40. The molecule has 7 heteroatoms. The zero-order chi connectivity index (χ0) is 13.8. The molecule has 1 aliphatic heterocycles. The van der Waals surface area contributed by atoms with Crippen LogP contribution in [0.25, 0.3) is 0 Å². The molecule has 0 spiro atoms. The zero-order valence-electron chi connectivity index (χ0n) is 10.8. The highest BCUT2D eigenvalue weighted by molar-refractivity contribution is 5.85. The molecule has 0 amide bonds. The van der Waals surface area contributed by atoms with Crippen LogP contribution in [0.5, 0.6) is 0 Å². The molecule has 1 saturated heterocycles. The molecule has 5 N–H and O–H groups in total. The molecule has 114 valence electrons. The van der Waals surface area contributed by atoms with Gasteiger partial charge in [0.2, 0.25) is 0 Å². The quantitative estimate of drug-likeness (QED) is 0.591. The molecule has 2 rings (SSSR count). The number of rotatable bonds is 4. The third-order valence-electron chi connectivity index (χ3n) is 3.19. The van der Waals surface area contributed by atoms with E-state index < -0.39 is 37.3 Å². The molecule has 1 aromatic carbocycles. The third-order valence-corrected chi connectivity index (χ3v) is 3.19. The maximum absolute atomic E-state index is 9.77. The van der Waals surface area contributed by atoms with E-state index in [1.54, 1.807) is 0 Å². The van der Waals surface area contributed by atoms with Crippen LogP contribution >= 0.6 is 12.4 Å². The van der Waals surface area contributed by atoms with Crippen molar-refractivity contribution in [3.8, 4) is 0 Å². The van der Waals surface area contributed by atoms with Crippen LogP contribution in [-0.4, -0.2) is 52.6 Å². The first-order valence-electron chi connectivity index (χ1n) is 6.17. The summed E-state index contributed by atoms with van der Waals surface area (Å²) < 4.78 is 10.8. The molecule has 0 unspecified atom stereocenters. The van der Waals surface area contributed by atoms with Crippen LogP contribution in [-0.2, 0) is 16.1 Å². The summed E-state index contributed by atoms with van der Waals surface area (Å²) in [5.74, 6) is 0. The Balaban J connectivity index is 0.00000200. The molecule has 1 aliphatic rings. The number of hydrogen-bond acceptors (Lipinski definition) is 6. The van der Waals surface area contributed by atoms with Crippen LogP contribution in [0.1, 0.15) is 5.56 Å². The lowest BCUT2D eigenvalue weighted by atomic mass is 9.98. The van der Waals surface area contributed by atoms with Crippen molar-refractivity contribution in [2.24, 2.45) is 5.73 Å². The van der Waals surface area contributed by atoms with E-state index in [2.05, 4.69) is 0 Å². The second kappa shape index (κ2) is 7.90. The Hall–Kier alpha value is -0.730. The number of aliphatic hydroxyl groups excluding tert-OH is 3. The van der Waals surface area contributed by atoms with Crippen LogP contribution < -0.4 is 5.73 Å². The Morgan fingerprint density at radius 1 is 1.15 bits per heavy atom. The van der Waals surface area contributed by atoms with Gasteiger partial charge in [0, 0.05) is 0 Å². The first-order chi connectivity index (χ1) is 9.13. The van der Waals surface area contributed by atoms with Crippen molar-refractivity contribution in [2.45, 2.75) is 37.3 Å². The molecular formula is C13H20ClNO5. The fourth-order valence-corrected chi connectivity index (χ4v) is 2.01. The molecule has 0 saturated carbocycles. The highest BCUT2D eigenvalue weighted by Gasteiger charge is 2.42. The number of ether oxygens (including phenoxy) is 2. The van der Waals surface area contributed by atoms with Gasteiger partial charge >= 0.3 is 0 Å². The van der Waals surface area contributed by atoms with Crippen molar-refractivity contribution in [2.75, 3.05) is 6.61 Å². The lowest BCUT2D eigenvalue weighted by Crippen LogP contribution is -2.62. The maximum Gasteiger partial charge on any atom is 0.176 e. The van der Waals surface area contributed by atoms with E-state index >= 15 is 0 Å². The summed E-state index contributed by atoms with van der Waals surface area (Å²) in [6, 6.07) is 8.59. The molecule has 20 heavy (non-hydrogen) atoms. The molecule has 1 fully saturated rings. The van der Waals surface area contributed by atoms with Gasteiger partial charge in [-0.2, -0.15) is 0 Å². The Bertz CT molecular complexity index is 392. The summed E-state index contributed by atoms with van der Waals surface area (Å²) in [5, 5.41) is 28.5. The monoisotopic (exact) mass is 305 g/mol. The van der Waals surface area contributed by atoms with Crippen LogP contribution in [0.2, 0.25) is 0 Å². The van der Waals surface area contributed by atoms with E-state index in [-0.39, 0.29) is 19.0 Å². The standard InChI is InChI=1S/C13H19NO5.ClH/c14-10-12(17)11(16)9(6-15)19-13(10)18-7-8-4-2-1-3-5-8;/h1-5,9-13,15-17H,6-7,14H2;1H/t9-,10+,11-,12-,13+;/m1./s1. The summed E-state index contributed by atoms with van der Waals surface area (Å²) >= 11 is 0. The minimum atomic E-state index is -1.21. The summed E-state index contributed by atoms with van der Waals surface area (Å²) in [4.78, 5) is 0. The number of benzene rings is 1. The van der Waals surface area contributed by atoms with E-state index in [1.165, 1.54) is 0 Å². The number of nitrogens with two attached hydrogens (primary N) is 1. The van der Waals surface area contributed by atoms with Gasteiger partial charge in [0.25, 0.3) is 0 Å². The predicted molar refractivity (Wildman–Crippen MR) is 74.2 cm³/mol. The van der Waals surface area contributed by atoms with Crippen molar-refractivity contribution >= 4 is 12.4 Å². The molecule has 1 heterocycles. The average molecular weight is 306 g/mol. The van der Waals surface area contributed by atoms with Gasteiger partial charge < -0.3 is 30.5 Å². The van der Waals surface area contributed by atoms with E-state index in [4.69, 9.17) is 20.3 Å². The first kappa shape index (κ1) is 17.3. The molecule has 0 aromatic heterocycles. The average Bonchev–Trinajstić information content (AvgIpc) is 2.45. The third kappa shape index (κ3) is 3.89. The van der Waals surface area contributed by atoms with Crippen molar-refractivity contribution < 1.29 is 24.8 Å². The Labute approximate surface area is 123 Å². The van der Waals surface area contributed by atoms with Gasteiger partial charge in [0.05, 0.1) is 19.3 Å². The lowest BCUT2D eigenvalue weighted by molar-refractivity contribution is -0.269. The maximum atomic E-state index is 9.77. The molecular weight excluding hydrogens is 286 g/mol. The summed E-state index contributed by atoms with van der Waals surface area (Å²) in [6.07, 6.45) is -4.16. The highest BCUT2D eigenvalue weighted by atomic mass is 35.5. The van der Waals surface area contributed by atoms with E-state index in [9.17, 15) is 10.2 Å². The summed E-state index contributed by atoms with van der Waals surface area (Å²) in [7, 11) is 0. The van der Waals surface area contributed by atoms with Gasteiger partial charge in [-0.25, -0.2) is 0 Å². The van der Waals surface area contributed by atoms with Crippen molar-refractivity contribution in [1.29, 1.82) is 0 Å². The van der Waals surface area contributed by atoms with Gasteiger partial charge in [-0.05, 0) is 5.56 Å². The molecule has 6 nitrogen and oxygen atoms in total. The van der Waals surface area contributed by atoms with Gasteiger partial charge in [-0.15, -0.1) is 12.4 Å². The largest absolute Gasteiger partial charge is 0.394 e. The van der Waals surface area contributed by atoms with Crippen LogP contribution in [0, 0.1) is 0 Å². The van der Waals surface area contributed by atoms with Crippen molar-refractivity contribution in [3.05, 3.63) is 35.9 Å². The van der Waals surface area contributed by atoms with E-state index in [0.717, 1.165) is 5.56 Å². The molecule has 1 aromatic rings. The van der Waals surface area contributed by atoms with Crippen LogP contribution in [0.3, 0.4) is 0 Å². The Kier molecular flexibility index (Phi) is 6.84. The SMILES string of the molecule is Cl.N[C@@H]1[C@@H](OCc2ccccc2)O[C@H](CO)[C@@H](O)[C@@H]1O. The Morgan fingerprint density at radius 3 is 2.40 bits per heavy atom. The molecule has 5 atom stereocenters. The number of aliphatic hydroxyl groups is 3. The topological polar surface area (TPSA) is 105 Å².